The Morgan fingerprint density at radius 2 is 2.12 bits per heavy atom. The lowest BCUT2D eigenvalue weighted by Gasteiger charge is -2.07. The van der Waals surface area contributed by atoms with Crippen LogP contribution in [0.2, 0.25) is 0 Å². The summed E-state index contributed by atoms with van der Waals surface area (Å²) in [7, 11) is 1.57. The first-order chi connectivity index (χ1) is 7.80. The summed E-state index contributed by atoms with van der Waals surface area (Å²) in [6.45, 7) is 4.26. The van der Waals surface area contributed by atoms with Crippen molar-refractivity contribution in [1.82, 2.24) is 0 Å². The summed E-state index contributed by atoms with van der Waals surface area (Å²) in [5.41, 5.74) is 0.540. The number of allylic oxidation sites excluding steroid dienone is 1. The van der Waals surface area contributed by atoms with Crippen LogP contribution in [0.15, 0.2) is 30.9 Å². The second-order valence-electron chi connectivity index (χ2n) is 3.29. The largest absolute Gasteiger partial charge is 0.497 e. The number of nitriles is 1. The maximum absolute atomic E-state index is 8.82. The van der Waals surface area contributed by atoms with E-state index in [9.17, 15) is 0 Å². The molecule has 0 aliphatic carbocycles. The Morgan fingerprint density at radius 1 is 1.38 bits per heavy atom. The van der Waals surface area contributed by atoms with E-state index in [1.165, 1.54) is 0 Å². The molecule has 1 aromatic rings. The number of ether oxygens (including phenoxy) is 2. The highest BCUT2D eigenvalue weighted by Crippen LogP contribution is 2.22. The van der Waals surface area contributed by atoms with E-state index < -0.39 is 0 Å². The smallest absolute Gasteiger partial charge is 0.124 e. The Bertz CT molecular complexity index is 393. The molecule has 16 heavy (non-hydrogen) atoms. The van der Waals surface area contributed by atoms with E-state index in [0.717, 1.165) is 12.8 Å². The summed E-state index contributed by atoms with van der Waals surface area (Å²) in [4.78, 5) is 0. The van der Waals surface area contributed by atoms with Crippen LogP contribution in [0, 0.1) is 11.3 Å². The van der Waals surface area contributed by atoms with Gasteiger partial charge in [0.05, 0.1) is 25.3 Å². The highest BCUT2D eigenvalue weighted by Gasteiger charge is 2.01. The molecular weight excluding hydrogens is 202 g/mol. The molecule has 0 aliphatic rings. The fraction of sp³-hybridized carbons (Fsp3) is 0.308. The van der Waals surface area contributed by atoms with Crippen molar-refractivity contribution in [2.24, 2.45) is 0 Å². The van der Waals surface area contributed by atoms with Crippen LogP contribution in [0.4, 0.5) is 0 Å². The van der Waals surface area contributed by atoms with Crippen LogP contribution in [0.5, 0.6) is 11.5 Å². The number of nitrogens with zero attached hydrogens (tertiary/aromatic N) is 1. The van der Waals surface area contributed by atoms with Crippen LogP contribution >= 0.6 is 0 Å². The fourth-order valence-corrected chi connectivity index (χ4v) is 1.26. The van der Waals surface area contributed by atoms with Crippen LogP contribution in [-0.2, 0) is 0 Å². The van der Waals surface area contributed by atoms with Gasteiger partial charge in [-0.2, -0.15) is 5.26 Å². The Morgan fingerprint density at radius 3 is 2.75 bits per heavy atom. The monoisotopic (exact) mass is 217 g/mol. The lowest BCUT2D eigenvalue weighted by molar-refractivity contribution is 0.309. The molecule has 0 atom stereocenters. The SMILES string of the molecule is C=CCCCOc1cc(C#N)cc(OC)c1. The van der Waals surface area contributed by atoms with Gasteiger partial charge in [0.1, 0.15) is 11.5 Å². The lowest BCUT2D eigenvalue weighted by Crippen LogP contribution is -1.97. The molecule has 0 radical (unpaired) electrons. The van der Waals surface area contributed by atoms with Crippen molar-refractivity contribution in [2.45, 2.75) is 12.8 Å². The molecule has 1 aromatic carbocycles. The molecule has 84 valence electrons. The minimum absolute atomic E-state index is 0.540. The van der Waals surface area contributed by atoms with E-state index >= 15 is 0 Å². The third kappa shape index (κ3) is 3.66. The zero-order chi connectivity index (χ0) is 11.8. The first-order valence-corrected chi connectivity index (χ1v) is 5.13. The lowest BCUT2D eigenvalue weighted by atomic mass is 10.2. The number of unbranched alkanes of at least 4 members (excludes halogenated alkanes) is 1. The Labute approximate surface area is 95.9 Å². The normalized spacial score (nSPS) is 9.25. The van der Waals surface area contributed by atoms with E-state index in [4.69, 9.17) is 14.7 Å². The second-order valence-corrected chi connectivity index (χ2v) is 3.29. The van der Waals surface area contributed by atoms with Crippen LogP contribution in [-0.4, -0.2) is 13.7 Å². The molecule has 0 saturated heterocycles. The predicted octanol–water partition coefficient (Wildman–Crippen LogP) is 2.91. The number of benzene rings is 1. The molecule has 1 rings (SSSR count). The Kier molecular flexibility index (Phi) is 4.94. The number of rotatable bonds is 6. The highest BCUT2D eigenvalue weighted by molar-refractivity contribution is 5.43. The molecule has 0 heterocycles. The summed E-state index contributed by atoms with van der Waals surface area (Å²) in [5.74, 6) is 1.30. The van der Waals surface area contributed by atoms with Gasteiger partial charge in [0.2, 0.25) is 0 Å². The van der Waals surface area contributed by atoms with Gasteiger partial charge in [-0.05, 0) is 25.0 Å². The third-order valence-corrected chi connectivity index (χ3v) is 2.07. The van der Waals surface area contributed by atoms with Crippen molar-refractivity contribution < 1.29 is 9.47 Å². The van der Waals surface area contributed by atoms with Crippen LogP contribution in [0.1, 0.15) is 18.4 Å². The summed E-state index contributed by atoms with van der Waals surface area (Å²) in [5, 5.41) is 8.82. The van der Waals surface area contributed by atoms with E-state index in [1.807, 2.05) is 6.08 Å². The van der Waals surface area contributed by atoms with Gasteiger partial charge in [-0.3, -0.25) is 0 Å². The van der Waals surface area contributed by atoms with Gasteiger partial charge in [-0.25, -0.2) is 0 Å². The van der Waals surface area contributed by atoms with Crippen molar-refractivity contribution in [3.05, 3.63) is 36.4 Å². The fourth-order valence-electron chi connectivity index (χ4n) is 1.26. The minimum Gasteiger partial charge on any atom is -0.497 e. The highest BCUT2D eigenvalue weighted by atomic mass is 16.5. The number of hydrogen-bond acceptors (Lipinski definition) is 3. The first-order valence-electron chi connectivity index (χ1n) is 5.13. The summed E-state index contributed by atoms with van der Waals surface area (Å²) in [6.07, 6.45) is 3.70. The minimum atomic E-state index is 0.540. The van der Waals surface area contributed by atoms with Crippen molar-refractivity contribution in [1.29, 1.82) is 5.26 Å². The Hall–Kier alpha value is -1.95. The number of methoxy groups -OCH3 is 1. The maximum Gasteiger partial charge on any atom is 0.124 e. The zero-order valence-corrected chi connectivity index (χ0v) is 9.40. The summed E-state index contributed by atoms with van der Waals surface area (Å²) < 4.78 is 10.6. The van der Waals surface area contributed by atoms with Gasteiger partial charge in [0.25, 0.3) is 0 Å². The molecule has 0 unspecified atom stereocenters. The Balaban J connectivity index is 2.64. The van der Waals surface area contributed by atoms with Crippen molar-refractivity contribution in [3.8, 4) is 17.6 Å². The van der Waals surface area contributed by atoms with Gasteiger partial charge in [0, 0.05) is 6.07 Å². The number of hydrogen-bond donors (Lipinski definition) is 0. The first kappa shape index (κ1) is 12.1. The topological polar surface area (TPSA) is 42.2 Å². The van der Waals surface area contributed by atoms with Crippen molar-refractivity contribution in [2.75, 3.05) is 13.7 Å². The van der Waals surface area contributed by atoms with Crippen LogP contribution < -0.4 is 9.47 Å². The average Bonchev–Trinajstić information content (AvgIpc) is 2.34. The quantitative estimate of drug-likeness (QED) is 0.543. The molecule has 0 N–H and O–H groups in total. The van der Waals surface area contributed by atoms with E-state index in [2.05, 4.69) is 12.6 Å². The maximum atomic E-state index is 8.82. The summed E-state index contributed by atoms with van der Waals surface area (Å²) >= 11 is 0. The molecule has 0 aromatic heterocycles. The summed E-state index contributed by atoms with van der Waals surface area (Å²) in [6, 6.07) is 7.22. The standard InChI is InChI=1S/C13H15NO2/c1-3-4-5-6-16-13-8-11(10-14)7-12(9-13)15-2/h3,7-9H,1,4-6H2,2H3. The van der Waals surface area contributed by atoms with Gasteiger partial charge in [0.15, 0.2) is 0 Å². The van der Waals surface area contributed by atoms with Gasteiger partial charge >= 0.3 is 0 Å². The van der Waals surface area contributed by atoms with Crippen LogP contribution in [0.25, 0.3) is 0 Å². The molecule has 0 saturated carbocycles. The second kappa shape index (κ2) is 6.52. The molecule has 3 nitrogen and oxygen atoms in total. The molecule has 0 spiro atoms. The van der Waals surface area contributed by atoms with Gasteiger partial charge in [-0.15, -0.1) is 6.58 Å². The molecule has 0 amide bonds. The molecule has 0 bridgehead atoms. The van der Waals surface area contributed by atoms with Crippen LogP contribution in [0.3, 0.4) is 0 Å². The van der Waals surface area contributed by atoms with E-state index in [1.54, 1.807) is 25.3 Å². The van der Waals surface area contributed by atoms with Gasteiger partial charge in [-0.1, -0.05) is 6.08 Å². The van der Waals surface area contributed by atoms with Crippen molar-refractivity contribution >= 4 is 0 Å². The zero-order valence-electron chi connectivity index (χ0n) is 9.40. The van der Waals surface area contributed by atoms with E-state index in [0.29, 0.717) is 23.7 Å². The molecule has 0 aliphatic heterocycles. The third-order valence-electron chi connectivity index (χ3n) is 2.07. The predicted molar refractivity (Wildman–Crippen MR) is 62.6 cm³/mol. The van der Waals surface area contributed by atoms with Gasteiger partial charge < -0.3 is 9.47 Å². The molecular formula is C13H15NO2. The molecule has 0 fully saturated rings. The average molecular weight is 217 g/mol. The van der Waals surface area contributed by atoms with Crippen molar-refractivity contribution in [3.63, 3.8) is 0 Å². The molecule has 3 heteroatoms. The van der Waals surface area contributed by atoms with E-state index in [-0.39, 0.29) is 0 Å².